The first-order valence-corrected chi connectivity index (χ1v) is 12.2. The number of thioether (sulfide) groups is 1. The van der Waals surface area contributed by atoms with Crippen LogP contribution < -0.4 is 5.32 Å². The van der Waals surface area contributed by atoms with Gasteiger partial charge in [-0.25, -0.2) is 9.18 Å². The molecule has 0 aliphatic carbocycles. The molecular weight excluding hydrogens is 489 g/mol. The summed E-state index contributed by atoms with van der Waals surface area (Å²) < 4.78 is 20.1. The number of hydrogen-bond donors (Lipinski definition) is 1. The largest absolute Gasteiger partial charge is 0.465 e. The number of allylic oxidation sites excluding steroid dienone is 1. The number of rotatable bonds is 9. The minimum atomic E-state index is -0.598. The number of carbonyl (C=O) groups excluding carboxylic acids is 2. The zero-order valence-electron chi connectivity index (χ0n) is 18.6. The fraction of sp³-hybridized carbons (Fsp3) is 0.125. The number of pyridine rings is 1. The fourth-order valence-corrected chi connectivity index (χ4v) is 4.98. The molecule has 1 aromatic carbocycles. The summed E-state index contributed by atoms with van der Waals surface area (Å²) in [7, 11) is 1.27. The van der Waals surface area contributed by atoms with Crippen molar-refractivity contribution < 1.29 is 18.7 Å². The van der Waals surface area contributed by atoms with Gasteiger partial charge in [-0.05, 0) is 29.8 Å². The van der Waals surface area contributed by atoms with Crippen LogP contribution in [0.4, 0.5) is 9.39 Å². The number of thiophene rings is 1. The highest BCUT2D eigenvalue weighted by atomic mass is 32.2. The molecule has 0 fully saturated rings. The molecule has 3 heterocycles. The van der Waals surface area contributed by atoms with E-state index in [1.54, 1.807) is 29.8 Å². The van der Waals surface area contributed by atoms with Crippen molar-refractivity contribution in [3.63, 3.8) is 0 Å². The number of ether oxygens (including phenoxy) is 1. The van der Waals surface area contributed by atoms with Gasteiger partial charge in [0.05, 0.1) is 12.9 Å². The second-order valence-electron chi connectivity index (χ2n) is 7.11. The smallest absolute Gasteiger partial charge is 0.341 e. The summed E-state index contributed by atoms with van der Waals surface area (Å²) in [5, 5.41) is 13.8. The predicted molar refractivity (Wildman–Crippen MR) is 134 cm³/mol. The molecule has 0 aliphatic heterocycles. The number of halogens is 1. The molecule has 0 spiro atoms. The standard InChI is InChI=1S/C24H20FN5O3S2/c1-3-12-30-21(18-6-4-5-11-26-18)28-29-24(30)35-14-19(31)27-22-20(23(32)33-2)17(13-34-22)15-7-9-16(25)10-8-15/h3-11,13H,1,12,14H2,2H3,(H,27,31). The van der Waals surface area contributed by atoms with Gasteiger partial charge < -0.3 is 10.1 Å². The van der Waals surface area contributed by atoms with Crippen molar-refractivity contribution >= 4 is 40.0 Å². The number of esters is 1. The molecule has 0 radical (unpaired) electrons. The third kappa shape index (κ3) is 5.47. The van der Waals surface area contributed by atoms with E-state index >= 15 is 0 Å². The lowest BCUT2D eigenvalue weighted by atomic mass is 10.0. The first kappa shape index (κ1) is 24.3. The zero-order valence-corrected chi connectivity index (χ0v) is 20.2. The summed E-state index contributed by atoms with van der Waals surface area (Å²) in [6.45, 7) is 4.23. The lowest BCUT2D eigenvalue weighted by Crippen LogP contribution is -2.16. The fourth-order valence-electron chi connectivity index (χ4n) is 3.26. The second-order valence-corrected chi connectivity index (χ2v) is 8.93. The number of aromatic nitrogens is 4. The monoisotopic (exact) mass is 509 g/mol. The molecule has 3 aromatic heterocycles. The van der Waals surface area contributed by atoms with Crippen LogP contribution in [0, 0.1) is 5.82 Å². The summed E-state index contributed by atoms with van der Waals surface area (Å²) in [5.74, 6) is -0.713. The molecule has 0 saturated carbocycles. The van der Waals surface area contributed by atoms with E-state index in [4.69, 9.17) is 4.74 Å². The number of nitrogens with one attached hydrogen (secondary N) is 1. The topological polar surface area (TPSA) is 99.0 Å². The molecule has 0 unspecified atom stereocenters. The molecule has 0 atom stereocenters. The highest BCUT2D eigenvalue weighted by molar-refractivity contribution is 7.99. The van der Waals surface area contributed by atoms with Gasteiger partial charge in [-0.15, -0.1) is 28.1 Å². The van der Waals surface area contributed by atoms with Crippen molar-refractivity contribution in [1.82, 2.24) is 19.7 Å². The molecule has 4 rings (SSSR count). The van der Waals surface area contributed by atoms with Gasteiger partial charge in [0.1, 0.15) is 22.1 Å². The Morgan fingerprint density at radius 3 is 2.71 bits per heavy atom. The zero-order chi connectivity index (χ0) is 24.8. The van der Waals surface area contributed by atoms with Crippen LogP contribution in [0.2, 0.25) is 0 Å². The molecule has 35 heavy (non-hydrogen) atoms. The Bertz CT molecular complexity index is 1350. The molecule has 11 heteroatoms. The van der Waals surface area contributed by atoms with Crippen LogP contribution in [0.1, 0.15) is 10.4 Å². The van der Waals surface area contributed by atoms with Gasteiger partial charge in [-0.2, -0.15) is 0 Å². The van der Waals surface area contributed by atoms with Gasteiger partial charge in [0.15, 0.2) is 11.0 Å². The van der Waals surface area contributed by atoms with E-state index in [9.17, 15) is 14.0 Å². The third-order valence-corrected chi connectivity index (χ3v) is 6.71. The van der Waals surface area contributed by atoms with Gasteiger partial charge in [0.2, 0.25) is 5.91 Å². The van der Waals surface area contributed by atoms with Crippen LogP contribution in [-0.4, -0.2) is 44.5 Å². The summed E-state index contributed by atoms with van der Waals surface area (Å²) in [4.78, 5) is 29.6. The van der Waals surface area contributed by atoms with Crippen LogP contribution in [-0.2, 0) is 16.1 Å². The van der Waals surface area contributed by atoms with E-state index < -0.39 is 5.97 Å². The Morgan fingerprint density at radius 1 is 1.23 bits per heavy atom. The molecular formula is C24H20FN5O3S2. The van der Waals surface area contributed by atoms with Gasteiger partial charge >= 0.3 is 5.97 Å². The molecule has 178 valence electrons. The molecule has 0 bridgehead atoms. The van der Waals surface area contributed by atoms with Crippen molar-refractivity contribution in [3.05, 3.63) is 78.1 Å². The quantitative estimate of drug-likeness (QED) is 0.194. The van der Waals surface area contributed by atoms with E-state index in [0.29, 0.717) is 39.3 Å². The number of nitrogens with zero attached hydrogens (tertiary/aromatic N) is 4. The van der Waals surface area contributed by atoms with Gasteiger partial charge in [0, 0.05) is 23.7 Å². The Kier molecular flexibility index (Phi) is 7.68. The summed E-state index contributed by atoms with van der Waals surface area (Å²) in [6, 6.07) is 11.2. The highest BCUT2D eigenvalue weighted by Gasteiger charge is 2.23. The summed E-state index contributed by atoms with van der Waals surface area (Å²) >= 11 is 2.39. The lowest BCUT2D eigenvalue weighted by molar-refractivity contribution is -0.113. The van der Waals surface area contributed by atoms with Crippen LogP contribution in [0.3, 0.4) is 0 Å². The van der Waals surface area contributed by atoms with Crippen molar-refractivity contribution in [2.45, 2.75) is 11.7 Å². The van der Waals surface area contributed by atoms with Crippen LogP contribution >= 0.6 is 23.1 Å². The Balaban J connectivity index is 1.52. The molecule has 8 nitrogen and oxygen atoms in total. The summed E-state index contributed by atoms with van der Waals surface area (Å²) in [6.07, 6.45) is 3.38. The number of methoxy groups -OCH3 is 1. The first-order chi connectivity index (χ1) is 17.0. The maximum absolute atomic E-state index is 13.3. The predicted octanol–water partition coefficient (Wildman–Crippen LogP) is 4.91. The van der Waals surface area contributed by atoms with Crippen molar-refractivity contribution in [3.8, 4) is 22.6 Å². The molecule has 0 aliphatic rings. The molecule has 1 amide bonds. The Morgan fingerprint density at radius 2 is 2.03 bits per heavy atom. The van der Waals surface area contributed by atoms with E-state index in [2.05, 4.69) is 27.1 Å². The van der Waals surface area contributed by atoms with Gasteiger partial charge in [-0.3, -0.25) is 14.3 Å². The van der Waals surface area contributed by atoms with Crippen molar-refractivity contribution in [2.75, 3.05) is 18.2 Å². The maximum atomic E-state index is 13.3. The average Bonchev–Trinajstić information content (AvgIpc) is 3.47. The third-order valence-electron chi connectivity index (χ3n) is 4.84. The SMILES string of the molecule is C=CCn1c(SCC(=O)Nc2scc(-c3ccc(F)cc3)c2C(=O)OC)nnc1-c1ccccn1. The number of carbonyl (C=O) groups is 2. The number of benzene rings is 1. The van der Waals surface area contributed by atoms with Crippen LogP contribution in [0.25, 0.3) is 22.6 Å². The number of amides is 1. The number of anilines is 1. The van der Waals surface area contributed by atoms with E-state index in [1.165, 1.54) is 42.3 Å². The van der Waals surface area contributed by atoms with Gasteiger partial charge in [0.25, 0.3) is 0 Å². The van der Waals surface area contributed by atoms with E-state index in [1.807, 2.05) is 22.8 Å². The molecule has 0 saturated heterocycles. The summed E-state index contributed by atoms with van der Waals surface area (Å²) in [5.41, 5.74) is 2.07. The number of hydrogen-bond acceptors (Lipinski definition) is 8. The van der Waals surface area contributed by atoms with Crippen LogP contribution in [0.15, 0.2) is 71.9 Å². The maximum Gasteiger partial charge on any atom is 0.341 e. The normalized spacial score (nSPS) is 10.7. The van der Waals surface area contributed by atoms with E-state index in [-0.39, 0.29) is 23.0 Å². The lowest BCUT2D eigenvalue weighted by Gasteiger charge is -2.09. The van der Waals surface area contributed by atoms with Gasteiger partial charge in [-0.1, -0.05) is 36.0 Å². The minimum Gasteiger partial charge on any atom is -0.465 e. The van der Waals surface area contributed by atoms with E-state index in [0.717, 1.165) is 0 Å². The highest BCUT2D eigenvalue weighted by Crippen LogP contribution is 2.36. The molecule has 4 aromatic rings. The molecule has 1 N–H and O–H groups in total. The first-order valence-electron chi connectivity index (χ1n) is 10.4. The Labute approximate surface area is 208 Å². The van der Waals surface area contributed by atoms with Crippen LogP contribution in [0.5, 0.6) is 0 Å². The average molecular weight is 510 g/mol. The van der Waals surface area contributed by atoms with Crippen molar-refractivity contribution in [1.29, 1.82) is 0 Å². The Hall–Kier alpha value is -3.83. The second kappa shape index (κ2) is 11.1. The minimum absolute atomic E-state index is 0.0297. The van der Waals surface area contributed by atoms with Crippen molar-refractivity contribution in [2.24, 2.45) is 0 Å².